The van der Waals surface area contributed by atoms with Crippen LogP contribution < -0.4 is 11.1 Å². The molecule has 2 aliphatic rings. The average Bonchev–Trinajstić information content (AvgIpc) is 3.37. The van der Waals surface area contributed by atoms with Crippen LogP contribution >= 0.6 is 11.6 Å². The first-order chi connectivity index (χ1) is 12.4. The van der Waals surface area contributed by atoms with Crippen molar-refractivity contribution in [2.24, 2.45) is 16.6 Å². The van der Waals surface area contributed by atoms with Crippen LogP contribution in [-0.4, -0.2) is 28.0 Å². The zero-order chi connectivity index (χ0) is 18.5. The molecule has 1 fully saturated rings. The number of halogens is 2. The highest BCUT2D eigenvalue weighted by molar-refractivity contribution is 6.30. The quantitative estimate of drug-likeness (QED) is 0.857. The number of hydrogen-bond acceptors (Lipinski definition) is 6. The van der Waals surface area contributed by atoms with Crippen LogP contribution in [0.15, 0.2) is 35.5 Å². The van der Waals surface area contributed by atoms with E-state index in [0.29, 0.717) is 5.02 Å². The highest BCUT2D eigenvalue weighted by Crippen LogP contribution is 2.52. The van der Waals surface area contributed by atoms with Crippen molar-refractivity contribution in [2.45, 2.75) is 25.0 Å². The van der Waals surface area contributed by atoms with Crippen LogP contribution in [0.2, 0.25) is 5.02 Å². The van der Waals surface area contributed by atoms with Crippen molar-refractivity contribution in [1.82, 2.24) is 9.97 Å². The van der Waals surface area contributed by atoms with Gasteiger partial charge >= 0.3 is 0 Å². The molecule has 2 aromatic heterocycles. The van der Waals surface area contributed by atoms with Gasteiger partial charge in [0.05, 0.1) is 5.02 Å². The molecule has 134 valence electrons. The van der Waals surface area contributed by atoms with E-state index in [1.807, 2.05) is 0 Å². The molecule has 26 heavy (non-hydrogen) atoms. The Balaban J connectivity index is 1.64. The van der Waals surface area contributed by atoms with Gasteiger partial charge in [-0.25, -0.2) is 19.4 Å². The van der Waals surface area contributed by atoms with Gasteiger partial charge < -0.3 is 15.8 Å². The summed E-state index contributed by atoms with van der Waals surface area (Å²) in [6.45, 7) is 1.77. The van der Waals surface area contributed by atoms with Gasteiger partial charge in [-0.15, -0.1) is 0 Å². The Morgan fingerprint density at radius 3 is 2.96 bits per heavy atom. The first kappa shape index (κ1) is 16.7. The van der Waals surface area contributed by atoms with Crippen LogP contribution in [-0.2, 0) is 10.3 Å². The maximum atomic E-state index is 14.5. The Hall–Kier alpha value is -2.74. The van der Waals surface area contributed by atoms with Gasteiger partial charge in [0.1, 0.15) is 34.7 Å². The summed E-state index contributed by atoms with van der Waals surface area (Å²) in [4.78, 5) is 24.8. The number of amidine groups is 1. The lowest BCUT2D eigenvalue weighted by molar-refractivity contribution is 0.102. The van der Waals surface area contributed by atoms with Gasteiger partial charge in [-0.3, -0.25) is 4.79 Å². The lowest BCUT2D eigenvalue weighted by atomic mass is 9.90. The molecule has 4 rings (SSSR count). The summed E-state index contributed by atoms with van der Waals surface area (Å²) in [6, 6.07) is 5.69. The van der Waals surface area contributed by atoms with Crippen molar-refractivity contribution in [1.29, 1.82) is 0 Å². The summed E-state index contributed by atoms with van der Waals surface area (Å²) >= 11 is 5.76. The van der Waals surface area contributed by atoms with Gasteiger partial charge in [-0.1, -0.05) is 11.6 Å². The fourth-order valence-electron chi connectivity index (χ4n) is 3.17. The highest BCUT2D eigenvalue weighted by Gasteiger charge is 2.58. The number of aliphatic imine (C=N–C) groups is 1. The SMILES string of the molecule is C[C@]1(c2nc(NC(=O)c3ccc(Cl)cn3)ccc2F)N=C(N)O[C@H]2C[C@H]21. The maximum Gasteiger partial charge on any atom is 0.283 e. The van der Waals surface area contributed by atoms with Crippen LogP contribution in [0.1, 0.15) is 29.5 Å². The molecule has 1 saturated carbocycles. The van der Waals surface area contributed by atoms with Gasteiger partial charge in [0.15, 0.2) is 0 Å². The predicted molar refractivity (Wildman–Crippen MR) is 93.3 cm³/mol. The summed E-state index contributed by atoms with van der Waals surface area (Å²) < 4.78 is 19.8. The van der Waals surface area contributed by atoms with Crippen molar-refractivity contribution in [3.63, 3.8) is 0 Å². The van der Waals surface area contributed by atoms with Crippen molar-refractivity contribution in [2.75, 3.05) is 5.32 Å². The predicted octanol–water partition coefficient (Wildman–Crippen LogP) is 2.47. The molecule has 0 unspecified atom stereocenters. The molecule has 1 aliphatic heterocycles. The number of rotatable bonds is 3. The second-order valence-electron chi connectivity index (χ2n) is 6.44. The number of carbonyl (C=O) groups is 1. The minimum absolute atomic E-state index is 0.000633. The molecule has 0 spiro atoms. The van der Waals surface area contributed by atoms with E-state index in [1.54, 1.807) is 13.0 Å². The number of aromatic nitrogens is 2. The molecule has 2 aromatic rings. The second kappa shape index (κ2) is 5.91. The molecule has 1 amide bonds. The zero-order valence-electron chi connectivity index (χ0n) is 13.7. The van der Waals surface area contributed by atoms with Crippen LogP contribution in [0.25, 0.3) is 0 Å². The summed E-state index contributed by atoms with van der Waals surface area (Å²) in [5, 5.41) is 3.03. The Bertz CT molecular complexity index is 920. The lowest BCUT2D eigenvalue weighted by Crippen LogP contribution is -2.36. The van der Waals surface area contributed by atoms with E-state index in [2.05, 4.69) is 20.3 Å². The first-order valence-corrected chi connectivity index (χ1v) is 8.36. The van der Waals surface area contributed by atoms with E-state index < -0.39 is 17.3 Å². The van der Waals surface area contributed by atoms with E-state index in [4.69, 9.17) is 22.1 Å². The largest absolute Gasteiger partial charge is 0.462 e. The molecule has 3 heterocycles. The van der Waals surface area contributed by atoms with E-state index >= 15 is 0 Å². The van der Waals surface area contributed by atoms with Crippen molar-refractivity contribution in [3.8, 4) is 0 Å². The summed E-state index contributed by atoms with van der Waals surface area (Å²) in [6.07, 6.45) is 2.02. The summed E-state index contributed by atoms with van der Waals surface area (Å²) in [5.41, 5.74) is 5.07. The fourth-order valence-corrected chi connectivity index (χ4v) is 3.28. The topological polar surface area (TPSA) is 102 Å². The number of ether oxygens (including phenoxy) is 1. The highest BCUT2D eigenvalue weighted by atomic mass is 35.5. The Labute approximate surface area is 153 Å². The molecule has 1 aliphatic carbocycles. The number of nitrogens with two attached hydrogens (primary N) is 1. The average molecular weight is 376 g/mol. The molecule has 3 N–H and O–H groups in total. The molecule has 0 radical (unpaired) electrons. The molecular weight excluding hydrogens is 361 g/mol. The number of amides is 1. The fraction of sp³-hybridized carbons (Fsp3) is 0.294. The van der Waals surface area contributed by atoms with Gasteiger partial charge in [0.25, 0.3) is 11.9 Å². The third-order valence-electron chi connectivity index (χ3n) is 4.60. The third-order valence-corrected chi connectivity index (χ3v) is 4.82. The normalized spacial score (nSPS) is 26.3. The van der Waals surface area contributed by atoms with Crippen LogP contribution in [0.3, 0.4) is 0 Å². The second-order valence-corrected chi connectivity index (χ2v) is 6.88. The number of pyridine rings is 2. The van der Waals surface area contributed by atoms with Gasteiger partial charge in [-0.2, -0.15) is 0 Å². The molecule has 9 heteroatoms. The van der Waals surface area contributed by atoms with E-state index in [9.17, 15) is 9.18 Å². The van der Waals surface area contributed by atoms with Crippen molar-refractivity contribution < 1.29 is 13.9 Å². The molecule has 0 aromatic carbocycles. The van der Waals surface area contributed by atoms with E-state index in [1.165, 1.54) is 24.4 Å². The smallest absolute Gasteiger partial charge is 0.283 e. The van der Waals surface area contributed by atoms with E-state index in [0.717, 1.165) is 6.42 Å². The minimum Gasteiger partial charge on any atom is -0.462 e. The molecule has 0 saturated heterocycles. The Kier molecular flexibility index (Phi) is 3.80. The Morgan fingerprint density at radius 1 is 1.42 bits per heavy atom. The number of nitrogens with one attached hydrogen (secondary N) is 1. The lowest BCUT2D eigenvalue weighted by Gasteiger charge is -2.29. The number of carbonyl (C=O) groups excluding carboxylic acids is 1. The van der Waals surface area contributed by atoms with Gasteiger partial charge in [-0.05, 0) is 37.6 Å². The summed E-state index contributed by atoms with van der Waals surface area (Å²) in [7, 11) is 0. The summed E-state index contributed by atoms with van der Waals surface area (Å²) in [5.74, 6) is -0.794. The van der Waals surface area contributed by atoms with Crippen LogP contribution in [0, 0.1) is 11.7 Å². The molecule has 7 nitrogen and oxygen atoms in total. The number of nitrogens with zero attached hydrogens (tertiary/aromatic N) is 3. The van der Waals surface area contributed by atoms with Crippen LogP contribution in [0.4, 0.5) is 10.2 Å². The monoisotopic (exact) mass is 375 g/mol. The first-order valence-electron chi connectivity index (χ1n) is 7.99. The van der Waals surface area contributed by atoms with Crippen molar-refractivity contribution >= 4 is 29.3 Å². The van der Waals surface area contributed by atoms with Gasteiger partial charge in [0.2, 0.25) is 0 Å². The van der Waals surface area contributed by atoms with Crippen molar-refractivity contribution in [3.05, 3.63) is 52.7 Å². The molecule has 3 atom stereocenters. The van der Waals surface area contributed by atoms with E-state index in [-0.39, 0.29) is 35.2 Å². The maximum absolute atomic E-state index is 14.5. The number of hydrogen-bond donors (Lipinski definition) is 2. The van der Waals surface area contributed by atoms with Gasteiger partial charge in [0, 0.05) is 12.1 Å². The zero-order valence-corrected chi connectivity index (χ0v) is 14.5. The molecule has 0 bridgehead atoms. The third kappa shape index (κ3) is 2.86. The Morgan fingerprint density at radius 2 is 2.23 bits per heavy atom. The minimum atomic E-state index is -0.934. The number of anilines is 1. The standard InChI is InChI=1S/C17H15ClFN5O2/c1-17(9-6-12(9)26-16(20)24-17)14-10(19)3-5-13(22-14)23-15(25)11-4-2-8(18)7-21-11/h2-5,7,9,12H,6H2,1H3,(H2,20,24)(H,22,23,25)/t9-,12+,17+/m1/s1. The van der Waals surface area contributed by atoms with Crippen LogP contribution in [0.5, 0.6) is 0 Å². The number of fused-ring (bicyclic) bond motifs is 1. The molecular formula is C17H15ClFN5O2.